The average Bonchev–Trinajstić information content (AvgIpc) is 2.29. The Morgan fingerprint density at radius 2 is 2.06 bits per heavy atom. The lowest BCUT2D eigenvalue weighted by Gasteiger charge is -2.10. The number of esters is 1. The number of alkyl halides is 1. The number of nitrogens with two attached hydrogens (primary N) is 1. The predicted molar refractivity (Wildman–Crippen MR) is 63.7 cm³/mol. The number of hydrogen-bond acceptors (Lipinski definition) is 5. The van der Waals surface area contributed by atoms with Gasteiger partial charge in [0.15, 0.2) is 6.07 Å². The zero-order valence-electron chi connectivity index (χ0n) is 9.91. The first-order valence-corrected chi connectivity index (χ1v) is 6.04. The molecule has 0 saturated carbocycles. The molecule has 0 heterocycles. The van der Waals surface area contributed by atoms with E-state index in [4.69, 9.17) is 22.1 Å². The highest BCUT2D eigenvalue weighted by atomic mass is 35.5. The summed E-state index contributed by atoms with van der Waals surface area (Å²) in [5.41, 5.74) is 5.59. The van der Waals surface area contributed by atoms with Gasteiger partial charge in [0.2, 0.25) is 0 Å². The quantitative estimate of drug-likeness (QED) is 0.388. The Morgan fingerprint density at radius 3 is 2.65 bits per heavy atom. The maximum absolute atomic E-state index is 11.1. The Bertz CT molecular complexity index is 238. The molecule has 7 heteroatoms. The zero-order chi connectivity index (χ0) is 13.1. The van der Waals surface area contributed by atoms with Crippen LogP contribution in [0.5, 0.6) is 0 Å². The van der Waals surface area contributed by atoms with E-state index >= 15 is 0 Å². The molecule has 0 rings (SSSR count). The number of hydrogen-bond donors (Lipinski definition) is 2. The van der Waals surface area contributed by atoms with E-state index in [1.165, 1.54) is 0 Å². The first-order valence-electron chi connectivity index (χ1n) is 5.50. The Balaban J connectivity index is 3.45. The number of amides is 1. The number of alkyl carbamates (subject to hydrolysis) is 1. The Hall–Kier alpha value is -1.01. The molecule has 100 valence electrons. The van der Waals surface area contributed by atoms with Gasteiger partial charge in [0.05, 0.1) is 6.61 Å². The zero-order valence-corrected chi connectivity index (χ0v) is 10.7. The van der Waals surface area contributed by atoms with Crippen molar-refractivity contribution in [3.63, 3.8) is 0 Å². The van der Waals surface area contributed by atoms with Crippen LogP contribution < -0.4 is 11.1 Å². The number of nitrogens with one attached hydrogen (secondary N) is 1. The highest BCUT2D eigenvalue weighted by Gasteiger charge is 2.13. The second-order valence-corrected chi connectivity index (χ2v) is 3.54. The third-order valence-electron chi connectivity index (χ3n) is 1.99. The normalized spacial score (nSPS) is 11.7. The highest BCUT2D eigenvalue weighted by molar-refractivity contribution is 6.17. The molecule has 0 aliphatic carbocycles. The fraction of sp³-hybridized carbons (Fsp3) is 0.800. The second-order valence-electron chi connectivity index (χ2n) is 3.32. The van der Waals surface area contributed by atoms with Crippen LogP contribution in [0.25, 0.3) is 0 Å². The van der Waals surface area contributed by atoms with Crippen LogP contribution in [0, 0.1) is 0 Å². The molecule has 0 spiro atoms. The minimum Gasteiger partial charge on any atom is -0.465 e. The van der Waals surface area contributed by atoms with E-state index < -0.39 is 12.1 Å². The summed E-state index contributed by atoms with van der Waals surface area (Å²) in [5, 5.41) is 2.51. The van der Waals surface area contributed by atoms with Crippen LogP contribution in [-0.4, -0.2) is 37.3 Å². The number of carbonyl (C=O) groups excluding carboxylic acids is 2. The number of rotatable bonds is 8. The van der Waals surface area contributed by atoms with Gasteiger partial charge in [0, 0.05) is 6.54 Å². The van der Waals surface area contributed by atoms with Crippen molar-refractivity contribution in [2.24, 2.45) is 5.73 Å². The van der Waals surface area contributed by atoms with Crippen LogP contribution in [0.15, 0.2) is 0 Å². The van der Waals surface area contributed by atoms with Gasteiger partial charge >= 0.3 is 12.1 Å². The van der Waals surface area contributed by atoms with Crippen molar-refractivity contribution >= 4 is 23.7 Å². The molecule has 1 atom stereocenters. The fourth-order valence-corrected chi connectivity index (χ4v) is 1.25. The number of ether oxygens (including phenoxy) is 2. The van der Waals surface area contributed by atoms with Gasteiger partial charge in [-0.3, -0.25) is 4.79 Å². The molecular weight excluding hydrogens is 248 g/mol. The smallest absolute Gasteiger partial charge is 0.408 e. The lowest BCUT2D eigenvalue weighted by Crippen LogP contribution is -2.32. The van der Waals surface area contributed by atoms with Crippen LogP contribution in [0.1, 0.15) is 26.2 Å². The minimum absolute atomic E-state index is 0.167. The Kier molecular flexibility index (Phi) is 9.56. The third kappa shape index (κ3) is 8.76. The topological polar surface area (TPSA) is 90.6 Å². The summed E-state index contributed by atoms with van der Waals surface area (Å²) in [6, 6.07) is -0.760. The third-order valence-corrected chi connectivity index (χ3v) is 2.10. The SMILES string of the molecule is CCOC(=O)C(N)CCCCNC(=O)OCCl. The fourth-order valence-electron chi connectivity index (χ4n) is 1.15. The molecule has 0 aromatic carbocycles. The maximum Gasteiger partial charge on any atom is 0.408 e. The van der Waals surface area contributed by atoms with E-state index in [2.05, 4.69) is 10.1 Å². The van der Waals surface area contributed by atoms with E-state index in [0.717, 1.165) is 6.42 Å². The predicted octanol–water partition coefficient (Wildman–Crippen LogP) is 0.970. The molecule has 1 amide bonds. The molecule has 0 bridgehead atoms. The van der Waals surface area contributed by atoms with Crippen LogP contribution >= 0.6 is 11.6 Å². The molecule has 1 unspecified atom stereocenters. The molecule has 0 aliphatic rings. The molecule has 0 saturated heterocycles. The van der Waals surface area contributed by atoms with Crippen molar-refractivity contribution in [2.75, 3.05) is 19.2 Å². The molecule has 17 heavy (non-hydrogen) atoms. The van der Waals surface area contributed by atoms with E-state index in [0.29, 0.717) is 26.0 Å². The van der Waals surface area contributed by atoms with Gasteiger partial charge in [0.25, 0.3) is 0 Å². The maximum atomic E-state index is 11.1. The Labute approximate surface area is 106 Å². The highest BCUT2D eigenvalue weighted by Crippen LogP contribution is 2.00. The van der Waals surface area contributed by atoms with Crippen molar-refractivity contribution in [2.45, 2.75) is 32.2 Å². The van der Waals surface area contributed by atoms with Gasteiger partial charge < -0.3 is 20.5 Å². The summed E-state index contributed by atoms with van der Waals surface area (Å²) in [6.07, 6.45) is 1.42. The molecule has 0 aromatic heterocycles. The summed E-state index contributed by atoms with van der Waals surface area (Å²) in [5.74, 6) is -0.387. The number of carbonyl (C=O) groups is 2. The lowest BCUT2D eigenvalue weighted by molar-refractivity contribution is -0.144. The average molecular weight is 267 g/mol. The van der Waals surface area contributed by atoms with Crippen LogP contribution in [0.4, 0.5) is 4.79 Å². The first-order chi connectivity index (χ1) is 8.11. The van der Waals surface area contributed by atoms with Crippen molar-refractivity contribution in [1.29, 1.82) is 0 Å². The number of unbranched alkanes of at least 4 members (excludes halogenated alkanes) is 1. The molecular formula is C10H19ClN2O4. The molecule has 3 N–H and O–H groups in total. The van der Waals surface area contributed by atoms with Crippen molar-refractivity contribution in [3.05, 3.63) is 0 Å². The van der Waals surface area contributed by atoms with Crippen molar-refractivity contribution in [3.8, 4) is 0 Å². The molecule has 0 fully saturated rings. The standard InChI is InChI=1S/C10H19ClN2O4/c1-2-16-9(14)8(12)5-3-4-6-13-10(15)17-7-11/h8H,2-7,12H2,1H3,(H,13,15). The van der Waals surface area contributed by atoms with E-state index in [1.807, 2.05) is 0 Å². The van der Waals surface area contributed by atoms with Gasteiger partial charge in [-0.05, 0) is 26.2 Å². The summed E-state index contributed by atoms with van der Waals surface area (Å²) in [7, 11) is 0. The number of halogens is 1. The Morgan fingerprint density at radius 1 is 1.35 bits per heavy atom. The van der Waals surface area contributed by atoms with Gasteiger partial charge in [-0.25, -0.2) is 4.79 Å². The van der Waals surface area contributed by atoms with Gasteiger partial charge in [-0.1, -0.05) is 11.6 Å². The van der Waals surface area contributed by atoms with Crippen LogP contribution in [-0.2, 0) is 14.3 Å². The van der Waals surface area contributed by atoms with Crippen molar-refractivity contribution < 1.29 is 19.1 Å². The van der Waals surface area contributed by atoms with Crippen LogP contribution in [0.2, 0.25) is 0 Å². The van der Waals surface area contributed by atoms with Crippen molar-refractivity contribution in [1.82, 2.24) is 5.32 Å². The molecule has 0 aromatic rings. The van der Waals surface area contributed by atoms with Gasteiger partial charge in [-0.2, -0.15) is 0 Å². The van der Waals surface area contributed by atoms with Gasteiger partial charge in [-0.15, -0.1) is 0 Å². The van der Waals surface area contributed by atoms with E-state index in [9.17, 15) is 9.59 Å². The summed E-state index contributed by atoms with van der Waals surface area (Å²) >= 11 is 5.19. The largest absolute Gasteiger partial charge is 0.465 e. The molecule has 6 nitrogen and oxygen atoms in total. The molecule has 0 radical (unpaired) electrons. The molecule has 0 aliphatic heterocycles. The lowest BCUT2D eigenvalue weighted by atomic mass is 10.1. The summed E-state index contributed by atoms with van der Waals surface area (Å²) < 4.78 is 9.22. The first kappa shape index (κ1) is 16.0. The van der Waals surface area contributed by atoms with Crippen LogP contribution in [0.3, 0.4) is 0 Å². The summed E-state index contributed by atoms with van der Waals surface area (Å²) in [6.45, 7) is 2.53. The van der Waals surface area contributed by atoms with E-state index in [-0.39, 0.29) is 12.0 Å². The minimum atomic E-state index is -0.593. The second kappa shape index (κ2) is 10.2. The monoisotopic (exact) mass is 266 g/mol. The summed E-state index contributed by atoms with van der Waals surface area (Å²) in [4.78, 5) is 22.0. The van der Waals surface area contributed by atoms with Gasteiger partial charge in [0.1, 0.15) is 6.04 Å². The van der Waals surface area contributed by atoms with E-state index in [1.54, 1.807) is 6.92 Å².